The molecule has 148 valence electrons. The molecule has 0 aromatic rings. The minimum atomic E-state index is -3.14. The van der Waals surface area contributed by atoms with Gasteiger partial charge in [-0.05, 0) is 35.0 Å². The molecule has 8 nitrogen and oxygen atoms in total. The minimum absolute atomic E-state index is 0.0251. The topological polar surface area (TPSA) is 63.7 Å². The van der Waals surface area contributed by atoms with Crippen LogP contribution in [0.25, 0.3) is 0 Å². The fourth-order valence-electron chi connectivity index (χ4n) is 3.50. The highest BCUT2D eigenvalue weighted by Gasteiger charge is 2.41. The van der Waals surface area contributed by atoms with Gasteiger partial charge >= 0.3 is 7.67 Å². The molecule has 5 atom stereocenters. The van der Waals surface area contributed by atoms with E-state index in [1.54, 1.807) is 25.9 Å². The summed E-state index contributed by atoms with van der Waals surface area (Å²) in [6, 6.07) is 0. The first-order chi connectivity index (χ1) is 11.7. The van der Waals surface area contributed by atoms with Crippen LogP contribution in [0.15, 0.2) is 0 Å². The lowest BCUT2D eigenvalue weighted by Crippen LogP contribution is -2.49. The molecule has 0 N–H and O–H groups in total. The van der Waals surface area contributed by atoms with E-state index < -0.39 is 7.67 Å². The molecule has 0 bridgehead atoms. The van der Waals surface area contributed by atoms with Crippen LogP contribution in [0.4, 0.5) is 0 Å². The van der Waals surface area contributed by atoms with Crippen LogP contribution in [0.1, 0.15) is 13.8 Å². The molecule has 0 aliphatic carbocycles. The lowest BCUT2D eigenvalue weighted by Gasteiger charge is -2.42. The van der Waals surface area contributed by atoms with Crippen molar-refractivity contribution >= 4 is 7.67 Å². The summed E-state index contributed by atoms with van der Waals surface area (Å²) in [6.45, 7) is 7.59. The molecular formula is C16H34N3O5P. The first-order valence-corrected chi connectivity index (χ1v) is 10.4. The summed E-state index contributed by atoms with van der Waals surface area (Å²) in [5.74, 6) is 0. The SMILES string of the molecule is COC[C@@H]1CN(P(=O)(OC[C@@H]2CN(C)C[C@H](C)O2)N(C)C)C[C@H](C)O1. The molecule has 25 heavy (non-hydrogen) atoms. The van der Waals surface area contributed by atoms with Gasteiger partial charge in [-0.15, -0.1) is 0 Å². The van der Waals surface area contributed by atoms with Crippen molar-refractivity contribution in [3.8, 4) is 0 Å². The van der Waals surface area contributed by atoms with E-state index in [-0.39, 0.29) is 24.4 Å². The average Bonchev–Trinajstić information content (AvgIpc) is 2.51. The predicted octanol–water partition coefficient (Wildman–Crippen LogP) is 1.13. The summed E-state index contributed by atoms with van der Waals surface area (Å²) in [6.07, 6.45) is -0.0542. The molecule has 2 fully saturated rings. The Labute approximate surface area is 151 Å². The van der Waals surface area contributed by atoms with Gasteiger partial charge in [-0.2, -0.15) is 0 Å². The largest absolute Gasteiger partial charge is 0.382 e. The van der Waals surface area contributed by atoms with Crippen molar-refractivity contribution in [1.82, 2.24) is 14.2 Å². The van der Waals surface area contributed by atoms with Gasteiger partial charge in [0.05, 0.1) is 37.6 Å². The standard InChI is InChI=1S/C16H34N3O5P/c1-13-7-18(5)9-15(23-13)12-22-25(20,17(3)4)19-8-14(2)24-16(10-19)11-21-6/h13-16H,7-12H2,1-6H3/t13-,14-,15-,16-,25?/m0/s1. The molecule has 0 aromatic heterocycles. The summed E-state index contributed by atoms with van der Waals surface area (Å²) in [4.78, 5) is 2.22. The Morgan fingerprint density at radius 3 is 2.20 bits per heavy atom. The van der Waals surface area contributed by atoms with Gasteiger partial charge in [-0.3, -0.25) is 4.57 Å². The molecule has 9 heteroatoms. The number of rotatable bonds is 7. The molecule has 2 heterocycles. The fraction of sp³-hybridized carbons (Fsp3) is 1.00. The Balaban J connectivity index is 2.03. The summed E-state index contributed by atoms with van der Waals surface area (Å²) < 4.78 is 40.2. The van der Waals surface area contributed by atoms with Gasteiger partial charge in [-0.25, -0.2) is 9.34 Å². The second kappa shape index (κ2) is 9.24. The summed E-state index contributed by atoms with van der Waals surface area (Å²) in [7, 11) is 4.16. The molecule has 2 saturated heterocycles. The normalized spacial score (nSPS) is 35.0. The molecule has 2 aliphatic heterocycles. The number of morpholine rings is 2. The molecule has 0 spiro atoms. The smallest absolute Gasteiger partial charge is 0.345 e. The predicted molar refractivity (Wildman–Crippen MR) is 96.9 cm³/mol. The van der Waals surface area contributed by atoms with E-state index in [0.29, 0.717) is 26.3 Å². The van der Waals surface area contributed by atoms with Crippen LogP contribution >= 0.6 is 7.67 Å². The summed E-state index contributed by atoms with van der Waals surface area (Å²) >= 11 is 0. The summed E-state index contributed by atoms with van der Waals surface area (Å²) in [5, 5.41) is 0. The monoisotopic (exact) mass is 379 g/mol. The number of hydrogen-bond donors (Lipinski definition) is 0. The Morgan fingerprint density at radius 2 is 1.64 bits per heavy atom. The van der Waals surface area contributed by atoms with E-state index >= 15 is 0 Å². The highest BCUT2D eigenvalue weighted by molar-refractivity contribution is 7.53. The van der Waals surface area contributed by atoms with Crippen molar-refractivity contribution in [3.05, 3.63) is 0 Å². The van der Waals surface area contributed by atoms with E-state index in [1.807, 2.05) is 18.5 Å². The molecule has 0 aromatic carbocycles. The van der Waals surface area contributed by atoms with Crippen LogP contribution in [0.3, 0.4) is 0 Å². The third-order valence-corrected chi connectivity index (χ3v) is 7.00. The van der Waals surface area contributed by atoms with Gasteiger partial charge < -0.3 is 23.6 Å². The first kappa shape index (κ1) is 21.3. The number of likely N-dealkylation sites (N-methyl/N-ethyl adjacent to an activating group) is 1. The molecule has 0 amide bonds. The third-order valence-electron chi connectivity index (χ3n) is 4.46. The number of methoxy groups -OCH3 is 1. The Kier molecular flexibility index (Phi) is 7.85. The van der Waals surface area contributed by atoms with E-state index in [4.69, 9.17) is 18.7 Å². The Morgan fingerprint density at radius 1 is 1.04 bits per heavy atom. The molecule has 2 aliphatic rings. The van der Waals surface area contributed by atoms with Crippen LogP contribution in [0.2, 0.25) is 0 Å². The van der Waals surface area contributed by atoms with Crippen LogP contribution < -0.4 is 0 Å². The van der Waals surface area contributed by atoms with Gasteiger partial charge in [0.25, 0.3) is 0 Å². The molecular weight excluding hydrogens is 345 g/mol. The van der Waals surface area contributed by atoms with Gasteiger partial charge in [0.2, 0.25) is 0 Å². The second-order valence-corrected chi connectivity index (χ2v) is 9.92. The third kappa shape index (κ3) is 5.71. The molecule has 1 unspecified atom stereocenters. The van der Waals surface area contributed by atoms with Crippen molar-refractivity contribution < 1.29 is 23.3 Å². The maximum atomic E-state index is 13.6. The lowest BCUT2D eigenvalue weighted by molar-refractivity contribution is -0.0955. The first-order valence-electron chi connectivity index (χ1n) is 8.90. The average molecular weight is 379 g/mol. The molecule has 0 saturated carbocycles. The van der Waals surface area contributed by atoms with Crippen molar-refractivity contribution in [3.63, 3.8) is 0 Å². The zero-order chi connectivity index (χ0) is 18.6. The van der Waals surface area contributed by atoms with E-state index in [1.165, 1.54) is 0 Å². The fourth-order valence-corrected chi connectivity index (χ4v) is 5.59. The van der Waals surface area contributed by atoms with Gasteiger partial charge in [0, 0.05) is 33.3 Å². The zero-order valence-electron chi connectivity index (χ0n) is 16.4. The maximum absolute atomic E-state index is 13.6. The van der Waals surface area contributed by atoms with E-state index in [9.17, 15) is 4.57 Å². The maximum Gasteiger partial charge on any atom is 0.345 e. The minimum Gasteiger partial charge on any atom is -0.382 e. The summed E-state index contributed by atoms with van der Waals surface area (Å²) in [5.41, 5.74) is 0. The van der Waals surface area contributed by atoms with Crippen LogP contribution in [0.5, 0.6) is 0 Å². The lowest BCUT2D eigenvalue weighted by atomic mass is 10.2. The number of hydrogen-bond acceptors (Lipinski definition) is 6. The van der Waals surface area contributed by atoms with Crippen molar-refractivity contribution in [2.24, 2.45) is 0 Å². The zero-order valence-corrected chi connectivity index (χ0v) is 17.3. The van der Waals surface area contributed by atoms with E-state index in [0.717, 1.165) is 13.1 Å². The molecule has 2 rings (SSSR count). The second-order valence-electron chi connectivity index (χ2n) is 7.32. The van der Waals surface area contributed by atoms with Crippen LogP contribution in [-0.4, -0.2) is 106 Å². The Bertz CT molecular complexity index is 457. The van der Waals surface area contributed by atoms with Crippen LogP contribution in [0, 0.1) is 0 Å². The van der Waals surface area contributed by atoms with Crippen molar-refractivity contribution in [2.45, 2.75) is 38.3 Å². The van der Waals surface area contributed by atoms with Crippen LogP contribution in [-0.2, 0) is 23.3 Å². The number of ether oxygens (including phenoxy) is 3. The highest BCUT2D eigenvalue weighted by Crippen LogP contribution is 2.53. The van der Waals surface area contributed by atoms with Gasteiger partial charge in [0.15, 0.2) is 0 Å². The van der Waals surface area contributed by atoms with Gasteiger partial charge in [-0.1, -0.05) is 0 Å². The van der Waals surface area contributed by atoms with E-state index in [2.05, 4.69) is 11.9 Å². The Hall–Kier alpha value is -0.0500. The molecule has 0 radical (unpaired) electrons. The quantitative estimate of drug-likeness (QED) is 0.610. The highest BCUT2D eigenvalue weighted by atomic mass is 31.2. The van der Waals surface area contributed by atoms with Crippen molar-refractivity contribution in [2.75, 3.05) is 67.6 Å². The van der Waals surface area contributed by atoms with Gasteiger partial charge in [0.1, 0.15) is 0 Å². The van der Waals surface area contributed by atoms with Crippen molar-refractivity contribution in [1.29, 1.82) is 0 Å². The number of nitrogens with zero attached hydrogens (tertiary/aromatic N) is 3.